The molecular formula is C38H66N8O12. The number of amides is 5. The van der Waals surface area contributed by atoms with Crippen LogP contribution in [-0.4, -0.2) is 147 Å². The number of carbonyl (C=O) groups is 7. The molecule has 0 aliphatic heterocycles. The minimum absolute atomic E-state index is 0.0196. The molecular weight excluding hydrogens is 760 g/mol. The summed E-state index contributed by atoms with van der Waals surface area (Å²) < 4.78 is 21.3. The molecule has 1 unspecified atom stereocenters. The number of nitrogens with two attached hydrogens (primary N) is 1. The van der Waals surface area contributed by atoms with Gasteiger partial charge >= 0.3 is 5.97 Å². The largest absolute Gasteiger partial charge is 0.480 e. The van der Waals surface area contributed by atoms with Gasteiger partial charge in [0.2, 0.25) is 29.5 Å². The summed E-state index contributed by atoms with van der Waals surface area (Å²) in [6.07, 6.45) is 10.8. The Labute approximate surface area is 340 Å². The van der Waals surface area contributed by atoms with Crippen LogP contribution >= 0.6 is 0 Å². The number of hydrogen-bond acceptors (Lipinski definition) is 13. The molecule has 0 spiro atoms. The molecule has 1 aromatic rings. The van der Waals surface area contributed by atoms with Crippen LogP contribution in [0.5, 0.6) is 0 Å². The molecule has 5 amide bonds. The van der Waals surface area contributed by atoms with Crippen LogP contribution in [0.15, 0.2) is 12.5 Å². The first-order chi connectivity index (χ1) is 28.0. The highest BCUT2D eigenvalue weighted by Crippen LogP contribution is 2.06. The number of unbranched alkanes of at least 4 members (excludes halogenated alkanes) is 5. The lowest BCUT2D eigenvalue weighted by Gasteiger charge is -2.15. The molecule has 58 heavy (non-hydrogen) atoms. The lowest BCUT2D eigenvalue weighted by Crippen LogP contribution is -2.43. The Morgan fingerprint density at radius 3 is 1.91 bits per heavy atom. The first kappa shape index (κ1) is 51.5. The molecule has 0 radical (unpaired) electrons. The first-order valence-electron chi connectivity index (χ1n) is 20.2. The van der Waals surface area contributed by atoms with Gasteiger partial charge in [-0.05, 0) is 38.5 Å². The second-order valence-electron chi connectivity index (χ2n) is 13.5. The normalized spacial score (nSPS) is 12.0. The van der Waals surface area contributed by atoms with Gasteiger partial charge in [0.25, 0.3) is 0 Å². The Hall–Kier alpha value is -4.50. The Balaban J connectivity index is 1.93. The Kier molecular flexibility index (Phi) is 30.7. The number of aromatic amines is 1. The number of ketones is 1. The second kappa shape index (κ2) is 34.5. The van der Waals surface area contributed by atoms with Crippen LogP contribution in [0.1, 0.15) is 89.7 Å². The summed E-state index contributed by atoms with van der Waals surface area (Å²) in [7, 11) is 0. The lowest BCUT2D eigenvalue weighted by molar-refractivity contribution is -0.142. The second-order valence-corrected chi connectivity index (χ2v) is 13.5. The highest BCUT2D eigenvalue weighted by atomic mass is 16.5. The maximum Gasteiger partial charge on any atom is 0.326 e. The van der Waals surface area contributed by atoms with Crippen LogP contribution in [-0.2, 0) is 58.9 Å². The van der Waals surface area contributed by atoms with Crippen molar-refractivity contribution in [1.29, 1.82) is 0 Å². The summed E-state index contributed by atoms with van der Waals surface area (Å²) in [5, 5.41) is 22.8. The summed E-state index contributed by atoms with van der Waals surface area (Å²) in [6, 6.07) is -1.76. The van der Waals surface area contributed by atoms with Crippen LogP contribution in [0.4, 0.5) is 0 Å². The SMILES string of the molecule is CCCCCCCC(=O)NC(CCC(=O)NCCOCCOCC(=O)NCCOCCOCC(=O)NCCCC[C@H](NCC(=O)CCc1cnc[nH]1)C(N)=O)C(=O)O. The van der Waals surface area contributed by atoms with Crippen LogP contribution in [0, 0.1) is 0 Å². The van der Waals surface area contributed by atoms with Crippen molar-refractivity contribution in [2.75, 3.05) is 79.0 Å². The molecule has 20 nitrogen and oxygen atoms in total. The third-order valence-corrected chi connectivity index (χ3v) is 8.51. The molecule has 9 N–H and O–H groups in total. The monoisotopic (exact) mass is 826 g/mol. The zero-order valence-electron chi connectivity index (χ0n) is 33.9. The highest BCUT2D eigenvalue weighted by Gasteiger charge is 2.21. The summed E-state index contributed by atoms with van der Waals surface area (Å²) >= 11 is 0. The van der Waals surface area contributed by atoms with Gasteiger partial charge in [-0.1, -0.05) is 32.6 Å². The molecule has 0 saturated carbocycles. The number of Topliss-reactive ketones (excluding diaryl/α,β-unsaturated/α-hetero) is 1. The number of imidazole rings is 1. The molecule has 0 aromatic carbocycles. The number of ether oxygens (including phenoxy) is 4. The number of nitrogens with one attached hydrogen (secondary N) is 6. The fourth-order valence-corrected chi connectivity index (χ4v) is 5.24. The van der Waals surface area contributed by atoms with Crippen LogP contribution < -0.4 is 32.3 Å². The lowest BCUT2D eigenvalue weighted by atomic mass is 10.1. The highest BCUT2D eigenvalue weighted by molar-refractivity contribution is 5.85. The van der Waals surface area contributed by atoms with E-state index in [2.05, 4.69) is 43.5 Å². The topological polar surface area (TPSA) is 291 Å². The van der Waals surface area contributed by atoms with Crippen molar-refractivity contribution >= 4 is 41.3 Å². The van der Waals surface area contributed by atoms with Crippen molar-refractivity contribution in [3.63, 3.8) is 0 Å². The number of H-pyrrole nitrogens is 1. The zero-order valence-corrected chi connectivity index (χ0v) is 33.9. The zero-order chi connectivity index (χ0) is 42.6. The summed E-state index contributed by atoms with van der Waals surface area (Å²) in [5.74, 6) is -3.06. The number of aromatic nitrogens is 2. The van der Waals surface area contributed by atoms with E-state index >= 15 is 0 Å². The first-order valence-corrected chi connectivity index (χ1v) is 20.2. The average molecular weight is 827 g/mol. The van der Waals surface area contributed by atoms with E-state index in [1.54, 1.807) is 12.5 Å². The minimum atomic E-state index is -1.18. The van der Waals surface area contributed by atoms with Gasteiger partial charge in [0.05, 0.1) is 58.6 Å². The standard InChI is InChI=1S/C38H66N8O12/c1-2-3-4-5-6-10-34(49)46-32(38(53)54)13-14-33(48)42-16-18-55-20-23-58-27-36(51)43-17-19-56-21-22-57-26-35(50)41-15-8-7-9-31(37(39)52)44-25-30(47)12-11-29-24-40-28-45-29/h24,28,31-32,44H,2-23,25-27H2,1H3,(H2,39,52)(H,40,45)(H,41,50)(H,42,48)(H,43,51)(H,46,49)(H,53,54)/t31-,32?/m0/s1. The molecule has 0 saturated heterocycles. The summed E-state index contributed by atoms with van der Waals surface area (Å²) in [4.78, 5) is 90.2. The van der Waals surface area contributed by atoms with Gasteiger partial charge < -0.3 is 56.0 Å². The number of aryl methyl sites for hydroxylation is 1. The number of primary amides is 1. The van der Waals surface area contributed by atoms with Gasteiger partial charge in [0, 0.05) is 50.8 Å². The van der Waals surface area contributed by atoms with Crippen LogP contribution in [0.25, 0.3) is 0 Å². The fraction of sp³-hybridized carbons (Fsp3) is 0.737. The summed E-state index contributed by atoms with van der Waals surface area (Å²) in [6.45, 7) is 3.90. The third-order valence-electron chi connectivity index (χ3n) is 8.51. The van der Waals surface area contributed by atoms with Crippen LogP contribution in [0.2, 0.25) is 0 Å². The molecule has 0 bridgehead atoms. The predicted molar refractivity (Wildman–Crippen MR) is 211 cm³/mol. The van der Waals surface area contributed by atoms with Crippen molar-refractivity contribution in [3.8, 4) is 0 Å². The van der Waals surface area contributed by atoms with Gasteiger partial charge in [0.15, 0.2) is 0 Å². The van der Waals surface area contributed by atoms with E-state index in [9.17, 15) is 38.7 Å². The van der Waals surface area contributed by atoms with E-state index < -0.39 is 24.0 Å². The van der Waals surface area contributed by atoms with E-state index in [-0.39, 0.29) is 121 Å². The van der Waals surface area contributed by atoms with Crippen LogP contribution in [0.3, 0.4) is 0 Å². The molecule has 0 fully saturated rings. The predicted octanol–water partition coefficient (Wildman–Crippen LogP) is -0.350. The minimum Gasteiger partial charge on any atom is -0.480 e. The van der Waals surface area contributed by atoms with E-state index in [0.717, 1.165) is 31.4 Å². The van der Waals surface area contributed by atoms with Gasteiger partial charge in [-0.3, -0.25) is 34.1 Å². The van der Waals surface area contributed by atoms with Crippen molar-refractivity contribution in [2.24, 2.45) is 5.73 Å². The van der Waals surface area contributed by atoms with E-state index in [1.165, 1.54) is 0 Å². The number of nitrogens with zero attached hydrogens (tertiary/aromatic N) is 1. The van der Waals surface area contributed by atoms with Gasteiger partial charge in [-0.15, -0.1) is 0 Å². The maximum atomic E-state index is 12.1. The Morgan fingerprint density at radius 2 is 1.31 bits per heavy atom. The number of aliphatic carboxylic acids is 1. The van der Waals surface area contributed by atoms with Crippen molar-refractivity contribution in [1.82, 2.24) is 36.6 Å². The van der Waals surface area contributed by atoms with E-state index in [0.29, 0.717) is 45.1 Å². The number of carbonyl (C=O) groups excluding carboxylic acids is 6. The molecule has 0 aliphatic carbocycles. The van der Waals surface area contributed by atoms with Crippen molar-refractivity contribution in [3.05, 3.63) is 18.2 Å². The number of carboxylic acid groups (broad SMARTS) is 1. The van der Waals surface area contributed by atoms with Gasteiger partial charge in [-0.25, -0.2) is 9.78 Å². The molecule has 20 heteroatoms. The molecule has 2 atom stereocenters. The molecule has 330 valence electrons. The number of rotatable bonds is 39. The van der Waals surface area contributed by atoms with E-state index in [1.807, 2.05) is 0 Å². The quantitative estimate of drug-likeness (QED) is 0.0394. The third kappa shape index (κ3) is 29.7. The van der Waals surface area contributed by atoms with E-state index in [4.69, 9.17) is 24.7 Å². The summed E-state index contributed by atoms with van der Waals surface area (Å²) in [5.41, 5.74) is 6.32. The average Bonchev–Trinajstić information content (AvgIpc) is 3.72. The van der Waals surface area contributed by atoms with Gasteiger partial charge in [-0.2, -0.15) is 0 Å². The van der Waals surface area contributed by atoms with Crippen molar-refractivity contribution < 1.29 is 57.6 Å². The molecule has 1 heterocycles. The van der Waals surface area contributed by atoms with Gasteiger partial charge in [0.1, 0.15) is 25.0 Å². The Bertz CT molecular complexity index is 1320. The maximum absolute atomic E-state index is 12.1. The van der Waals surface area contributed by atoms with Crippen molar-refractivity contribution in [2.45, 2.75) is 102 Å². The molecule has 0 aliphatic rings. The molecule has 1 aromatic heterocycles. The number of hydrogen-bond donors (Lipinski definition) is 8. The smallest absolute Gasteiger partial charge is 0.326 e. The number of carboxylic acids is 1. The fourth-order valence-electron chi connectivity index (χ4n) is 5.24. The Morgan fingerprint density at radius 1 is 0.690 bits per heavy atom. The molecule has 1 rings (SSSR count).